The van der Waals surface area contributed by atoms with Crippen LogP contribution < -0.4 is 0 Å². The quantitative estimate of drug-likeness (QED) is 0.124. The zero-order valence-electron chi connectivity index (χ0n) is 61.4. The van der Waals surface area contributed by atoms with Gasteiger partial charge in [-0.3, -0.25) is 0 Å². The van der Waals surface area contributed by atoms with Gasteiger partial charge in [0.1, 0.15) is 11.2 Å². The predicted molar refractivity (Wildman–Crippen MR) is 474 cm³/mol. The molecule has 0 bridgehead atoms. The van der Waals surface area contributed by atoms with E-state index < -0.39 is 10.8 Å². The molecular formula is C112H64O. The van der Waals surface area contributed by atoms with E-state index in [9.17, 15) is 0 Å². The van der Waals surface area contributed by atoms with Crippen molar-refractivity contribution in [3.63, 3.8) is 0 Å². The zero-order chi connectivity index (χ0) is 73.5. The van der Waals surface area contributed by atoms with Crippen molar-refractivity contribution in [3.8, 4) is 100 Å². The lowest BCUT2D eigenvalue weighted by atomic mass is 9.69. The molecule has 21 aromatic carbocycles. The Morgan fingerprint density at radius 2 is 0.593 bits per heavy atom. The Bertz CT molecular complexity index is 7980. The van der Waals surface area contributed by atoms with Gasteiger partial charge in [0, 0.05) is 10.8 Å². The summed E-state index contributed by atoms with van der Waals surface area (Å²) in [6, 6.07) is 148. The first-order chi connectivity index (χ1) is 56.0. The van der Waals surface area contributed by atoms with E-state index in [0.717, 1.165) is 33.1 Å². The van der Waals surface area contributed by atoms with E-state index in [4.69, 9.17) is 4.42 Å². The van der Waals surface area contributed by atoms with Gasteiger partial charge in [0.15, 0.2) is 0 Å². The lowest BCUT2D eigenvalue weighted by Gasteiger charge is -2.31. The molecule has 0 saturated carbocycles. The molecule has 26 rings (SSSR count). The van der Waals surface area contributed by atoms with E-state index in [1.165, 1.54) is 220 Å². The first-order valence-electron chi connectivity index (χ1n) is 39.6. The SMILES string of the molecule is c1cc(-c2ccc3cc4c(cc3c2)C2(c3ccccc3-c3ccccc32)c2ccc3ccccc3c2-4)cc(-c2c3ccccc3c(-c3ccc4oc5ccccc5c4c3)c3cc(-c4cccc5c6c(ccc45)C4(c5ccccc5-c5ccccc54)c4c-6ccc5cc(-c6cc7ccccc7c7ccccc67)ccc45)ccc23)c1. The van der Waals surface area contributed by atoms with Crippen LogP contribution in [0.4, 0.5) is 0 Å². The third-order valence-corrected chi connectivity index (χ3v) is 26.6. The largest absolute Gasteiger partial charge is 0.456 e. The molecule has 1 aromatic heterocycles. The van der Waals surface area contributed by atoms with Crippen molar-refractivity contribution in [2.75, 3.05) is 0 Å². The minimum absolute atomic E-state index is 0.476. The molecule has 22 aromatic rings. The summed E-state index contributed by atoms with van der Waals surface area (Å²) in [5.41, 5.74) is 33.9. The van der Waals surface area contributed by atoms with Crippen LogP contribution >= 0.6 is 0 Å². The molecule has 1 heterocycles. The number of para-hydroxylation sites is 1. The minimum Gasteiger partial charge on any atom is -0.456 e. The number of furan rings is 1. The van der Waals surface area contributed by atoms with Crippen molar-refractivity contribution in [1.82, 2.24) is 0 Å². The molecule has 0 aliphatic heterocycles. The first-order valence-corrected chi connectivity index (χ1v) is 39.6. The standard InChI is InChI=1S/C112H64O/c1-4-26-78-65(21-1)48-54-101-108(78)96-60-68-44-43-67(58-75(68)64-103(96)111(101)97-38-14-9-29-83(97)84-30-10-15-39-98(84)111)66-23-19-24-73(57-66)106-89-34-7-8-35-90(89)107(74-49-56-105-94(63-74)87-33-13-18-42-104(87)113-105)95-62-72(46-51-91(95)106)77-36-20-37-88-82(77)53-55-102-109(88)92-52-47-70-59-71(93-61-69-22-2-3-25-76(69)80-27-5-6-28-81(80)93)45-50-79(70)110(92)112(102)99-40-16-11-31-85(99)86-32-12-17-41-100(86)112/h1-64H. The third-order valence-electron chi connectivity index (χ3n) is 26.6. The van der Waals surface area contributed by atoms with Gasteiger partial charge in [0.05, 0.1) is 10.8 Å². The Morgan fingerprint density at radius 3 is 1.35 bits per heavy atom. The maximum atomic E-state index is 6.56. The van der Waals surface area contributed by atoms with Crippen LogP contribution in [0.5, 0.6) is 0 Å². The van der Waals surface area contributed by atoms with E-state index in [1.807, 2.05) is 0 Å². The molecule has 0 N–H and O–H groups in total. The van der Waals surface area contributed by atoms with Crippen molar-refractivity contribution in [2.24, 2.45) is 0 Å². The molecule has 0 atom stereocenters. The molecule has 1 heteroatoms. The summed E-state index contributed by atoms with van der Waals surface area (Å²) in [6.45, 7) is 0. The average molecular weight is 1430 g/mol. The van der Waals surface area contributed by atoms with Crippen molar-refractivity contribution >= 4 is 108 Å². The second-order valence-corrected chi connectivity index (χ2v) is 31.8. The maximum Gasteiger partial charge on any atom is 0.135 e. The van der Waals surface area contributed by atoms with Crippen LogP contribution in [0.1, 0.15) is 44.5 Å². The number of rotatable bonds is 5. The molecule has 0 fully saturated rings. The molecule has 4 aliphatic rings. The summed E-state index contributed by atoms with van der Waals surface area (Å²) in [5, 5.41) is 22.1. The molecule has 1 nitrogen and oxygen atoms in total. The minimum atomic E-state index is -0.579. The molecule has 0 radical (unpaired) electrons. The third kappa shape index (κ3) is 8.09. The average Bonchev–Trinajstić information content (AvgIpc) is 1.51. The molecule has 4 aliphatic carbocycles. The van der Waals surface area contributed by atoms with Crippen molar-refractivity contribution in [1.29, 1.82) is 0 Å². The number of fused-ring (bicyclic) bond motifs is 35. The van der Waals surface area contributed by atoms with Crippen LogP contribution in [-0.4, -0.2) is 0 Å². The van der Waals surface area contributed by atoms with Crippen LogP contribution in [0.3, 0.4) is 0 Å². The molecule has 113 heavy (non-hydrogen) atoms. The number of benzene rings is 21. The number of hydrogen-bond acceptors (Lipinski definition) is 1. The fraction of sp³-hybridized carbons (Fsp3) is 0.0179. The molecule has 2 spiro atoms. The van der Waals surface area contributed by atoms with Gasteiger partial charge in [-0.2, -0.15) is 0 Å². The second-order valence-electron chi connectivity index (χ2n) is 31.8. The molecule has 0 saturated heterocycles. The fourth-order valence-electron chi connectivity index (χ4n) is 22.1. The van der Waals surface area contributed by atoms with Gasteiger partial charge in [-0.1, -0.05) is 328 Å². The lowest BCUT2D eigenvalue weighted by Crippen LogP contribution is -2.26. The zero-order valence-corrected chi connectivity index (χ0v) is 61.4. The van der Waals surface area contributed by atoms with E-state index in [0.29, 0.717) is 0 Å². The van der Waals surface area contributed by atoms with Gasteiger partial charge in [0.25, 0.3) is 0 Å². The van der Waals surface area contributed by atoms with Crippen LogP contribution in [0.25, 0.3) is 208 Å². The predicted octanol–water partition coefficient (Wildman–Crippen LogP) is 29.8. The van der Waals surface area contributed by atoms with Gasteiger partial charge in [-0.05, 0) is 291 Å². The summed E-state index contributed by atoms with van der Waals surface area (Å²) in [6.07, 6.45) is 0. The van der Waals surface area contributed by atoms with Crippen LogP contribution in [0.15, 0.2) is 393 Å². The van der Waals surface area contributed by atoms with E-state index in [2.05, 4.69) is 388 Å². The molecule has 518 valence electrons. The summed E-state index contributed by atoms with van der Waals surface area (Å²) in [5.74, 6) is 0. The van der Waals surface area contributed by atoms with Crippen LogP contribution in [-0.2, 0) is 10.8 Å². The van der Waals surface area contributed by atoms with E-state index in [1.54, 1.807) is 0 Å². The summed E-state index contributed by atoms with van der Waals surface area (Å²) < 4.78 is 6.56. The lowest BCUT2D eigenvalue weighted by molar-refractivity contribution is 0.669. The maximum absolute atomic E-state index is 6.56. The van der Waals surface area contributed by atoms with Gasteiger partial charge < -0.3 is 4.42 Å². The monoisotopic (exact) mass is 1420 g/mol. The van der Waals surface area contributed by atoms with E-state index in [-0.39, 0.29) is 0 Å². The molecule has 0 unspecified atom stereocenters. The van der Waals surface area contributed by atoms with Gasteiger partial charge in [-0.15, -0.1) is 0 Å². The topological polar surface area (TPSA) is 13.1 Å². The Labute approximate surface area is 651 Å². The highest BCUT2D eigenvalue weighted by molar-refractivity contribution is 6.24. The van der Waals surface area contributed by atoms with E-state index >= 15 is 0 Å². The smallest absolute Gasteiger partial charge is 0.135 e. The molecule has 0 amide bonds. The summed E-state index contributed by atoms with van der Waals surface area (Å²) >= 11 is 0. The second kappa shape index (κ2) is 22.6. The first kappa shape index (κ1) is 61.4. The summed E-state index contributed by atoms with van der Waals surface area (Å²) in [4.78, 5) is 0. The Kier molecular flexibility index (Phi) is 12.3. The van der Waals surface area contributed by atoms with Gasteiger partial charge in [0.2, 0.25) is 0 Å². The number of hydrogen-bond donors (Lipinski definition) is 0. The van der Waals surface area contributed by atoms with Crippen molar-refractivity contribution in [2.45, 2.75) is 10.8 Å². The van der Waals surface area contributed by atoms with Gasteiger partial charge >= 0.3 is 0 Å². The Balaban J connectivity index is 0.668. The fourth-order valence-corrected chi connectivity index (χ4v) is 22.1. The Hall–Kier alpha value is -14.5. The summed E-state index contributed by atoms with van der Waals surface area (Å²) in [7, 11) is 0. The highest BCUT2D eigenvalue weighted by Gasteiger charge is 2.54. The van der Waals surface area contributed by atoms with Crippen molar-refractivity contribution in [3.05, 3.63) is 433 Å². The highest BCUT2D eigenvalue weighted by Crippen LogP contribution is 2.67. The van der Waals surface area contributed by atoms with Crippen LogP contribution in [0, 0.1) is 0 Å². The Morgan fingerprint density at radius 1 is 0.150 bits per heavy atom. The van der Waals surface area contributed by atoms with Crippen molar-refractivity contribution < 1.29 is 4.42 Å². The highest BCUT2D eigenvalue weighted by atomic mass is 16.3. The van der Waals surface area contributed by atoms with Crippen LogP contribution in [0.2, 0.25) is 0 Å². The normalized spacial score (nSPS) is 13.6. The molecular weight excluding hydrogens is 1360 g/mol. The van der Waals surface area contributed by atoms with Gasteiger partial charge in [-0.25, -0.2) is 0 Å².